The second kappa shape index (κ2) is 11.4. The number of piperidine rings is 1. The zero-order valence-corrected chi connectivity index (χ0v) is 26.7. The highest BCUT2D eigenvalue weighted by molar-refractivity contribution is 6.09. The van der Waals surface area contributed by atoms with Crippen molar-refractivity contribution in [3.8, 4) is 11.1 Å². The van der Waals surface area contributed by atoms with Crippen molar-refractivity contribution in [3.63, 3.8) is 0 Å². The monoisotopic (exact) mass is 596 g/mol. The van der Waals surface area contributed by atoms with Crippen molar-refractivity contribution >= 4 is 34.2 Å². The van der Waals surface area contributed by atoms with Crippen molar-refractivity contribution in [2.24, 2.45) is 10.8 Å². The van der Waals surface area contributed by atoms with Crippen LogP contribution in [0.2, 0.25) is 0 Å². The summed E-state index contributed by atoms with van der Waals surface area (Å²) in [5, 5.41) is 0.825. The minimum atomic E-state index is -0.446. The number of hydrogen-bond acceptors (Lipinski definition) is 6. The van der Waals surface area contributed by atoms with Crippen LogP contribution < -0.4 is 0 Å². The van der Waals surface area contributed by atoms with Crippen molar-refractivity contribution in [1.82, 2.24) is 19.4 Å². The first-order valence-corrected chi connectivity index (χ1v) is 16.2. The normalized spacial score (nSPS) is 25.5. The molecule has 2 fully saturated rings. The summed E-state index contributed by atoms with van der Waals surface area (Å²) < 4.78 is 1.95. The fraction of sp³-hybridized carbons (Fsp3) is 0.556. The highest BCUT2D eigenvalue weighted by atomic mass is 16.2. The minimum absolute atomic E-state index is 0.00583. The number of nitrogens with zero attached hydrogens (tertiary/aromatic N) is 4. The summed E-state index contributed by atoms with van der Waals surface area (Å²) in [5.41, 5.74) is 4.13. The first-order valence-electron chi connectivity index (χ1n) is 16.2. The molecule has 3 aromatic rings. The quantitative estimate of drug-likeness (QED) is 0.321. The molecule has 8 nitrogen and oxygen atoms in total. The maximum atomic E-state index is 14.2. The first-order chi connectivity index (χ1) is 20.9. The fourth-order valence-electron chi connectivity index (χ4n) is 7.94. The lowest BCUT2D eigenvalue weighted by atomic mass is 9.80. The lowest BCUT2D eigenvalue weighted by Gasteiger charge is -2.27. The van der Waals surface area contributed by atoms with Gasteiger partial charge in [0.1, 0.15) is 18.2 Å². The SMILES string of the molecule is CCC(=O)[C@@H]1C[C@]23CCC(=O)CC(C)(C)CCCCc4cc(-c5cnc(C)nc5)cc5c(C(C)=O)cn(c45)CC(=O)N1[C@@H]2C3. The van der Waals surface area contributed by atoms with Gasteiger partial charge < -0.3 is 9.47 Å². The number of aryl methyl sites for hydroxylation is 2. The molecule has 3 aliphatic rings. The number of hydrogen-bond donors (Lipinski definition) is 0. The smallest absolute Gasteiger partial charge is 0.243 e. The Morgan fingerprint density at radius 1 is 1.00 bits per heavy atom. The zero-order chi connectivity index (χ0) is 31.4. The van der Waals surface area contributed by atoms with Crippen LogP contribution in [0.4, 0.5) is 0 Å². The molecule has 1 amide bonds. The highest BCUT2D eigenvalue weighted by Crippen LogP contribution is 2.62. The lowest BCUT2D eigenvalue weighted by Crippen LogP contribution is -2.44. The van der Waals surface area contributed by atoms with Gasteiger partial charge in [-0.25, -0.2) is 9.97 Å². The molecule has 1 aromatic carbocycles. The van der Waals surface area contributed by atoms with E-state index in [2.05, 4.69) is 29.9 Å². The average Bonchev–Trinajstić information content (AvgIpc) is 3.39. The molecule has 1 aliphatic carbocycles. The van der Waals surface area contributed by atoms with E-state index in [0.29, 0.717) is 37.1 Å². The summed E-state index contributed by atoms with van der Waals surface area (Å²) in [6, 6.07) is 3.72. The van der Waals surface area contributed by atoms with E-state index < -0.39 is 6.04 Å². The predicted molar refractivity (Wildman–Crippen MR) is 169 cm³/mol. The second-order valence-electron chi connectivity index (χ2n) is 14.3. The molecule has 0 spiro atoms. The third kappa shape index (κ3) is 5.64. The Hall–Kier alpha value is -3.68. The lowest BCUT2D eigenvalue weighted by molar-refractivity contribution is -0.139. The number of aromatic nitrogens is 3. The van der Waals surface area contributed by atoms with Crippen molar-refractivity contribution < 1.29 is 19.2 Å². The molecular weight excluding hydrogens is 552 g/mol. The van der Waals surface area contributed by atoms with Crippen LogP contribution >= 0.6 is 0 Å². The third-order valence-electron chi connectivity index (χ3n) is 10.4. The van der Waals surface area contributed by atoms with E-state index in [9.17, 15) is 19.2 Å². The van der Waals surface area contributed by atoms with Gasteiger partial charge in [-0.1, -0.05) is 27.2 Å². The van der Waals surface area contributed by atoms with Gasteiger partial charge in [-0.15, -0.1) is 0 Å². The first kappa shape index (κ1) is 30.4. The van der Waals surface area contributed by atoms with Crippen LogP contribution in [0, 0.1) is 17.8 Å². The number of carbonyl (C=O) groups excluding carboxylic acids is 4. The van der Waals surface area contributed by atoms with Crippen LogP contribution in [0.3, 0.4) is 0 Å². The summed E-state index contributed by atoms with van der Waals surface area (Å²) in [5.74, 6) is 0.908. The molecular formula is C36H44N4O4. The van der Waals surface area contributed by atoms with Gasteiger partial charge in [-0.3, -0.25) is 19.2 Å². The molecule has 8 heteroatoms. The van der Waals surface area contributed by atoms with Crippen LogP contribution in [0.25, 0.3) is 22.0 Å². The average molecular weight is 597 g/mol. The summed E-state index contributed by atoms with van der Waals surface area (Å²) in [7, 11) is 0. The molecule has 0 unspecified atom stereocenters. The van der Waals surface area contributed by atoms with E-state index in [1.54, 1.807) is 6.92 Å². The second-order valence-corrected chi connectivity index (χ2v) is 14.3. The number of ketones is 3. The standard InChI is InChI=1S/C36H44N4O4/c1-6-31(43)30-16-36-12-10-27(42)15-35(4,5)11-8-7-9-24-13-25(26-18-37-23(3)38-19-26)14-28-29(22(2)41)20-39(34(24)28)21-33(44)40(30)32(36)17-36/h13-14,18-20,30,32H,6-12,15-17,21H2,1-5H3/t30-,32+,36-/m0/s1. The third-order valence-corrected chi connectivity index (χ3v) is 10.4. The van der Waals surface area contributed by atoms with E-state index >= 15 is 0 Å². The molecule has 3 atom stereocenters. The van der Waals surface area contributed by atoms with Crippen LogP contribution in [0.15, 0.2) is 30.7 Å². The summed E-state index contributed by atoms with van der Waals surface area (Å²) in [6.07, 6.45) is 12.7. The topological polar surface area (TPSA) is 102 Å². The molecule has 4 heterocycles. The zero-order valence-electron chi connectivity index (χ0n) is 26.7. The maximum Gasteiger partial charge on any atom is 0.243 e. The van der Waals surface area contributed by atoms with Gasteiger partial charge in [0.2, 0.25) is 5.91 Å². The van der Waals surface area contributed by atoms with E-state index in [1.165, 1.54) is 0 Å². The van der Waals surface area contributed by atoms with Crippen molar-refractivity contribution in [3.05, 3.63) is 47.7 Å². The Balaban J connectivity index is 1.46. The number of carbonyl (C=O) groups is 4. The summed E-state index contributed by atoms with van der Waals surface area (Å²) in [4.78, 5) is 64.1. The van der Waals surface area contributed by atoms with Crippen molar-refractivity contribution in [2.45, 2.75) is 117 Å². The molecule has 6 rings (SSSR count). The highest BCUT2D eigenvalue weighted by Gasteiger charge is 2.66. The predicted octanol–water partition coefficient (Wildman–Crippen LogP) is 6.44. The van der Waals surface area contributed by atoms with Crippen LogP contribution in [-0.2, 0) is 27.3 Å². The molecule has 2 aliphatic heterocycles. The Morgan fingerprint density at radius 2 is 1.75 bits per heavy atom. The molecule has 2 aromatic heterocycles. The van der Waals surface area contributed by atoms with Crippen LogP contribution in [0.1, 0.15) is 107 Å². The number of amides is 1. The molecule has 1 saturated heterocycles. The van der Waals surface area contributed by atoms with Gasteiger partial charge in [0.15, 0.2) is 11.6 Å². The molecule has 44 heavy (non-hydrogen) atoms. The number of Topliss-reactive ketones (excluding diaryl/α,β-unsaturated/α-hetero) is 3. The molecule has 0 N–H and O–H groups in total. The van der Waals surface area contributed by atoms with Crippen LogP contribution in [0.5, 0.6) is 0 Å². The van der Waals surface area contributed by atoms with Crippen molar-refractivity contribution in [1.29, 1.82) is 0 Å². The van der Waals surface area contributed by atoms with Crippen molar-refractivity contribution in [2.75, 3.05) is 0 Å². The minimum Gasteiger partial charge on any atom is -0.337 e. The Labute approximate surface area is 259 Å². The maximum absolute atomic E-state index is 14.2. The largest absolute Gasteiger partial charge is 0.337 e. The van der Waals surface area contributed by atoms with Gasteiger partial charge in [-0.05, 0) is 86.5 Å². The molecule has 0 radical (unpaired) electrons. The molecule has 2 bridgehead atoms. The van der Waals surface area contributed by atoms with Gasteiger partial charge in [0.25, 0.3) is 0 Å². The molecule has 1 saturated carbocycles. The van der Waals surface area contributed by atoms with Crippen LogP contribution in [-0.4, -0.2) is 54.8 Å². The van der Waals surface area contributed by atoms with E-state index in [4.69, 9.17) is 0 Å². The number of benzene rings is 1. The Kier molecular flexibility index (Phi) is 7.83. The van der Waals surface area contributed by atoms with E-state index in [0.717, 1.165) is 66.1 Å². The van der Waals surface area contributed by atoms with Gasteiger partial charge >= 0.3 is 0 Å². The molecule has 232 valence electrons. The Morgan fingerprint density at radius 3 is 2.45 bits per heavy atom. The Bertz CT molecular complexity index is 1650. The summed E-state index contributed by atoms with van der Waals surface area (Å²) in [6.45, 7) is 9.71. The van der Waals surface area contributed by atoms with Gasteiger partial charge in [0, 0.05) is 60.4 Å². The number of rotatable bonds is 4. The van der Waals surface area contributed by atoms with Gasteiger partial charge in [-0.2, -0.15) is 0 Å². The fourth-order valence-corrected chi connectivity index (χ4v) is 7.94. The van der Waals surface area contributed by atoms with E-state index in [-0.39, 0.29) is 46.7 Å². The summed E-state index contributed by atoms with van der Waals surface area (Å²) >= 11 is 0. The van der Waals surface area contributed by atoms with E-state index in [1.807, 2.05) is 48.0 Å². The van der Waals surface area contributed by atoms with Gasteiger partial charge in [0.05, 0.1) is 11.6 Å².